The van der Waals surface area contributed by atoms with Crippen LogP contribution >= 0.6 is 11.3 Å². The van der Waals surface area contributed by atoms with Gasteiger partial charge in [0.15, 0.2) is 0 Å². The normalized spacial score (nSPS) is 18.4. The summed E-state index contributed by atoms with van der Waals surface area (Å²) < 4.78 is 0. The molecule has 1 atom stereocenters. The molecule has 0 amide bonds. The van der Waals surface area contributed by atoms with E-state index in [0.717, 1.165) is 18.9 Å². The van der Waals surface area contributed by atoms with Crippen LogP contribution in [0.15, 0.2) is 0 Å². The maximum atomic E-state index is 4.81. The molecule has 0 bridgehead atoms. The number of hydrogen-bond acceptors (Lipinski definition) is 3. The van der Waals surface area contributed by atoms with E-state index in [-0.39, 0.29) is 0 Å². The van der Waals surface area contributed by atoms with E-state index in [1.54, 1.807) is 0 Å². The summed E-state index contributed by atoms with van der Waals surface area (Å²) in [4.78, 5) is 6.21. The number of nitrogens with one attached hydrogen (secondary N) is 1. The summed E-state index contributed by atoms with van der Waals surface area (Å²) in [5.74, 6) is 0.829. The fourth-order valence-electron chi connectivity index (χ4n) is 2.36. The van der Waals surface area contributed by atoms with Crippen molar-refractivity contribution in [3.05, 3.63) is 15.6 Å². The third-order valence-electron chi connectivity index (χ3n) is 3.56. The van der Waals surface area contributed by atoms with Crippen LogP contribution in [0.1, 0.15) is 54.7 Å². The van der Waals surface area contributed by atoms with E-state index in [9.17, 15) is 0 Å². The van der Waals surface area contributed by atoms with Gasteiger partial charge in [-0.1, -0.05) is 20.3 Å². The predicted molar refractivity (Wildman–Crippen MR) is 70.0 cm³/mol. The zero-order chi connectivity index (χ0) is 11.5. The van der Waals surface area contributed by atoms with Crippen LogP contribution in [0.25, 0.3) is 0 Å². The fraction of sp³-hybridized carbons (Fsp3) is 0.769. The average Bonchev–Trinajstić information content (AvgIpc) is 2.56. The highest BCUT2D eigenvalue weighted by molar-refractivity contribution is 7.11. The van der Waals surface area contributed by atoms with Gasteiger partial charge in [0.25, 0.3) is 0 Å². The zero-order valence-electron chi connectivity index (χ0n) is 10.5. The highest BCUT2D eigenvalue weighted by atomic mass is 32.1. The first-order valence-corrected chi connectivity index (χ1v) is 7.27. The van der Waals surface area contributed by atoms with E-state index < -0.39 is 0 Å². The Morgan fingerprint density at radius 2 is 2.19 bits per heavy atom. The molecule has 3 heteroatoms. The summed E-state index contributed by atoms with van der Waals surface area (Å²) in [6.45, 7) is 7.62. The quantitative estimate of drug-likeness (QED) is 0.849. The van der Waals surface area contributed by atoms with Crippen LogP contribution in [0.2, 0.25) is 0 Å². The summed E-state index contributed by atoms with van der Waals surface area (Å²) in [5, 5.41) is 4.93. The van der Waals surface area contributed by atoms with Gasteiger partial charge in [-0.25, -0.2) is 4.98 Å². The summed E-state index contributed by atoms with van der Waals surface area (Å²) in [5.41, 5.74) is 1.29. The molecule has 1 saturated carbocycles. The van der Waals surface area contributed by atoms with Crippen molar-refractivity contribution in [3.63, 3.8) is 0 Å². The highest BCUT2D eigenvalue weighted by Crippen LogP contribution is 2.39. The van der Waals surface area contributed by atoms with Gasteiger partial charge in [-0.2, -0.15) is 0 Å². The molecule has 2 rings (SSSR count). The Hall–Kier alpha value is -0.410. The summed E-state index contributed by atoms with van der Waals surface area (Å²) >= 11 is 1.89. The molecule has 1 aliphatic rings. The number of rotatable bonds is 5. The molecule has 0 spiro atoms. The van der Waals surface area contributed by atoms with Gasteiger partial charge < -0.3 is 5.32 Å². The minimum absolute atomic E-state index is 0.516. The van der Waals surface area contributed by atoms with Crippen molar-refractivity contribution < 1.29 is 0 Å². The van der Waals surface area contributed by atoms with Gasteiger partial charge in [0, 0.05) is 4.88 Å². The van der Waals surface area contributed by atoms with Gasteiger partial charge >= 0.3 is 0 Å². The van der Waals surface area contributed by atoms with Gasteiger partial charge in [0.05, 0.1) is 11.7 Å². The lowest BCUT2D eigenvalue weighted by molar-refractivity contribution is 0.232. The fourth-order valence-corrected chi connectivity index (χ4v) is 3.54. The second-order valence-corrected chi connectivity index (χ2v) is 5.87. The minimum Gasteiger partial charge on any atom is -0.308 e. The van der Waals surface area contributed by atoms with Crippen molar-refractivity contribution in [2.75, 3.05) is 6.54 Å². The van der Waals surface area contributed by atoms with E-state index in [1.807, 2.05) is 11.3 Å². The van der Waals surface area contributed by atoms with Crippen LogP contribution in [0.5, 0.6) is 0 Å². The number of hydrogen-bond donors (Lipinski definition) is 1. The number of thiazole rings is 1. The maximum absolute atomic E-state index is 4.81. The molecule has 0 radical (unpaired) electrons. The van der Waals surface area contributed by atoms with Gasteiger partial charge in [-0.15, -0.1) is 11.3 Å². The summed E-state index contributed by atoms with van der Waals surface area (Å²) in [7, 11) is 0. The molecule has 1 unspecified atom stereocenters. The van der Waals surface area contributed by atoms with Gasteiger partial charge in [0.1, 0.15) is 5.01 Å². The van der Waals surface area contributed by atoms with Crippen LogP contribution in [0.3, 0.4) is 0 Å². The van der Waals surface area contributed by atoms with E-state index in [4.69, 9.17) is 4.98 Å². The van der Waals surface area contributed by atoms with Crippen molar-refractivity contribution in [2.45, 2.75) is 52.5 Å². The summed E-state index contributed by atoms with van der Waals surface area (Å²) in [6.07, 6.45) is 5.21. The van der Waals surface area contributed by atoms with Crippen molar-refractivity contribution in [2.24, 2.45) is 5.92 Å². The molecule has 2 nitrogen and oxygen atoms in total. The third-order valence-corrected chi connectivity index (χ3v) is 4.65. The van der Waals surface area contributed by atoms with Crippen LogP contribution in [-0.4, -0.2) is 11.5 Å². The molecule has 1 aromatic rings. The SMILES string of the molecule is CCNC(c1nc(CC)c(C)s1)C1CCC1. The Morgan fingerprint density at radius 1 is 1.44 bits per heavy atom. The lowest BCUT2D eigenvalue weighted by atomic mass is 9.80. The third kappa shape index (κ3) is 2.30. The van der Waals surface area contributed by atoms with Gasteiger partial charge in [-0.3, -0.25) is 0 Å². The lowest BCUT2D eigenvalue weighted by Crippen LogP contribution is -2.32. The largest absolute Gasteiger partial charge is 0.308 e. The second-order valence-electron chi connectivity index (χ2n) is 4.63. The van der Waals surface area contributed by atoms with E-state index >= 15 is 0 Å². The first kappa shape index (κ1) is 12.1. The lowest BCUT2D eigenvalue weighted by Gasteiger charge is -2.33. The molecular weight excluding hydrogens is 216 g/mol. The molecule has 16 heavy (non-hydrogen) atoms. The Balaban J connectivity index is 2.16. The van der Waals surface area contributed by atoms with Gasteiger partial charge in [0.2, 0.25) is 0 Å². The Kier molecular flexibility index (Phi) is 3.98. The smallest absolute Gasteiger partial charge is 0.110 e. The first-order valence-electron chi connectivity index (χ1n) is 6.45. The standard InChI is InChI=1S/C13H22N2S/c1-4-11-9(3)16-13(15-11)12(14-5-2)10-7-6-8-10/h10,12,14H,4-8H2,1-3H3. The minimum atomic E-state index is 0.516. The molecule has 1 heterocycles. The Morgan fingerprint density at radius 3 is 2.62 bits per heavy atom. The van der Waals surface area contributed by atoms with Crippen molar-refractivity contribution in [1.29, 1.82) is 0 Å². The molecule has 1 fully saturated rings. The van der Waals surface area contributed by atoms with E-state index in [2.05, 4.69) is 26.1 Å². The van der Waals surface area contributed by atoms with Crippen molar-refractivity contribution in [3.8, 4) is 0 Å². The number of aromatic nitrogens is 1. The number of aryl methyl sites for hydroxylation is 2. The summed E-state index contributed by atoms with van der Waals surface area (Å²) in [6, 6.07) is 0.516. The topological polar surface area (TPSA) is 24.9 Å². The molecule has 1 aliphatic carbocycles. The molecule has 90 valence electrons. The Labute approximate surface area is 102 Å². The van der Waals surface area contributed by atoms with Crippen LogP contribution in [-0.2, 0) is 6.42 Å². The zero-order valence-corrected chi connectivity index (χ0v) is 11.4. The van der Waals surface area contributed by atoms with Crippen molar-refractivity contribution >= 4 is 11.3 Å². The Bertz CT molecular complexity index is 342. The molecule has 0 saturated heterocycles. The maximum Gasteiger partial charge on any atom is 0.110 e. The highest BCUT2D eigenvalue weighted by Gasteiger charge is 2.30. The molecular formula is C13H22N2S. The number of nitrogens with zero attached hydrogens (tertiary/aromatic N) is 1. The molecule has 1 aromatic heterocycles. The average molecular weight is 238 g/mol. The van der Waals surface area contributed by atoms with Crippen LogP contribution < -0.4 is 5.32 Å². The van der Waals surface area contributed by atoms with Crippen LogP contribution in [0, 0.1) is 12.8 Å². The predicted octanol–water partition coefficient (Wildman–Crippen LogP) is 3.46. The first-order chi connectivity index (χ1) is 7.76. The monoisotopic (exact) mass is 238 g/mol. The second kappa shape index (κ2) is 5.28. The van der Waals surface area contributed by atoms with E-state index in [1.165, 1.54) is 34.8 Å². The molecule has 0 aliphatic heterocycles. The van der Waals surface area contributed by atoms with Gasteiger partial charge in [-0.05, 0) is 38.6 Å². The van der Waals surface area contributed by atoms with Crippen LogP contribution in [0.4, 0.5) is 0 Å². The van der Waals surface area contributed by atoms with E-state index in [0.29, 0.717) is 6.04 Å². The van der Waals surface area contributed by atoms with Crippen molar-refractivity contribution in [1.82, 2.24) is 10.3 Å². The molecule has 0 aromatic carbocycles. The molecule has 1 N–H and O–H groups in total.